The van der Waals surface area contributed by atoms with Gasteiger partial charge in [-0.15, -0.1) is 11.3 Å². The third-order valence-electron chi connectivity index (χ3n) is 2.37. The third kappa shape index (κ3) is 2.40. The van der Waals surface area contributed by atoms with Gasteiger partial charge in [-0.05, 0) is 19.1 Å². The van der Waals surface area contributed by atoms with Crippen molar-refractivity contribution in [2.24, 2.45) is 0 Å². The van der Waals surface area contributed by atoms with Gasteiger partial charge in [-0.1, -0.05) is 0 Å². The number of aromatic nitrogens is 3. The molecule has 0 atom stereocenters. The molecule has 0 aliphatic rings. The molecule has 0 aliphatic heterocycles. The molecule has 0 bridgehead atoms. The monoisotopic (exact) mass is 255 g/mol. The van der Waals surface area contributed by atoms with Gasteiger partial charge >= 0.3 is 0 Å². The predicted octanol–water partition coefficient (Wildman–Crippen LogP) is 2.05. The first-order valence-electron chi connectivity index (χ1n) is 4.99. The molecular formula is C10H13N3OS2. The van der Waals surface area contributed by atoms with E-state index < -0.39 is 0 Å². The fraction of sp³-hybridized carbons (Fsp3) is 0.400. The fourth-order valence-electron chi connectivity index (χ4n) is 1.56. The van der Waals surface area contributed by atoms with Crippen LogP contribution >= 0.6 is 23.6 Å². The van der Waals surface area contributed by atoms with Gasteiger partial charge < -0.3 is 14.7 Å². The second kappa shape index (κ2) is 4.90. The molecule has 4 nitrogen and oxygen atoms in total. The Bertz CT molecular complexity index is 526. The van der Waals surface area contributed by atoms with Crippen molar-refractivity contribution in [3.8, 4) is 0 Å². The minimum absolute atomic E-state index is 0.00321. The van der Waals surface area contributed by atoms with Crippen molar-refractivity contribution in [3.05, 3.63) is 32.7 Å². The van der Waals surface area contributed by atoms with Gasteiger partial charge in [-0.2, -0.15) is 0 Å². The van der Waals surface area contributed by atoms with E-state index in [0.717, 1.165) is 29.4 Å². The number of thiazole rings is 1. The van der Waals surface area contributed by atoms with Gasteiger partial charge in [0.15, 0.2) is 4.77 Å². The van der Waals surface area contributed by atoms with Crippen LogP contribution in [0.3, 0.4) is 0 Å². The van der Waals surface area contributed by atoms with Crippen molar-refractivity contribution in [1.29, 1.82) is 0 Å². The summed E-state index contributed by atoms with van der Waals surface area (Å²) in [5, 5.41) is 12.3. The van der Waals surface area contributed by atoms with Crippen molar-refractivity contribution < 1.29 is 5.11 Å². The zero-order chi connectivity index (χ0) is 11.5. The van der Waals surface area contributed by atoms with Crippen LogP contribution in [0.4, 0.5) is 0 Å². The average molecular weight is 255 g/mol. The van der Waals surface area contributed by atoms with E-state index in [1.54, 1.807) is 17.5 Å². The van der Waals surface area contributed by atoms with Crippen molar-refractivity contribution in [1.82, 2.24) is 14.5 Å². The average Bonchev–Trinajstić information content (AvgIpc) is 2.82. The first kappa shape index (κ1) is 11.5. The molecule has 86 valence electrons. The smallest absolute Gasteiger partial charge is 0.177 e. The highest BCUT2D eigenvalue weighted by Gasteiger charge is 2.04. The standard InChI is InChI=1S/C10H13N3OS2/c1-7-12-8(6-16-7)2-3-13-9(5-14)4-11-10(13)15/h4,6,14H,2-3,5H2,1H3,(H,11,15). The summed E-state index contributed by atoms with van der Waals surface area (Å²) in [7, 11) is 0. The molecule has 2 heterocycles. The SMILES string of the molecule is Cc1nc(CCn2c(CO)c[nH]c2=S)cs1. The quantitative estimate of drug-likeness (QED) is 0.822. The van der Waals surface area contributed by atoms with Gasteiger partial charge in [0.1, 0.15) is 0 Å². The summed E-state index contributed by atoms with van der Waals surface area (Å²) >= 11 is 6.79. The normalized spacial score (nSPS) is 10.9. The van der Waals surface area contributed by atoms with Crippen LogP contribution in [0.2, 0.25) is 0 Å². The molecule has 6 heteroatoms. The highest BCUT2D eigenvalue weighted by Crippen LogP contribution is 2.10. The van der Waals surface area contributed by atoms with Crippen LogP contribution in [0, 0.1) is 11.7 Å². The molecule has 0 aromatic carbocycles. The molecule has 0 amide bonds. The summed E-state index contributed by atoms with van der Waals surface area (Å²) in [6.45, 7) is 2.75. The van der Waals surface area contributed by atoms with Gasteiger partial charge in [0.2, 0.25) is 0 Å². The predicted molar refractivity (Wildman–Crippen MR) is 66.1 cm³/mol. The number of nitrogens with zero attached hydrogens (tertiary/aromatic N) is 2. The number of rotatable bonds is 4. The molecule has 0 radical (unpaired) electrons. The number of aliphatic hydroxyl groups is 1. The molecule has 0 saturated carbocycles. The lowest BCUT2D eigenvalue weighted by molar-refractivity contribution is 0.270. The second-order valence-corrected chi connectivity index (χ2v) is 4.95. The Morgan fingerprint density at radius 1 is 1.62 bits per heavy atom. The lowest BCUT2D eigenvalue weighted by atomic mass is 10.3. The summed E-state index contributed by atoms with van der Waals surface area (Å²) in [6.07, 6.45) is 2.58. The van der Waals surface area contributed by atoms with Gasteiger partial charge in [-0.3, -0.25) is 0 Å². The van der Waals surface area contributed by atoms with E-state index in [2.05, 4.69) is 15.3 Å². The molecule has 2 rings (SSSR count). The first-order valence-corrected chi connectivity index (χ1v) is 6.28. The molecule has 2 aromatic heterocycles. The van der Waals surface area contributed by atoms with Crippen LogP contribution in [-0.2, 0) is 19.6 Å². The van der Waals surface area contributed by atoms with Crippen LogP contribution in [0.25, 0.3) is 0 Å². The topological polar surface area (TPSA) is 53.8 Å². The summed E-state index contributed by atoms with van der Waals surface area (Å²) in [6, 6.07) is 0. The Morgan fingerprint density at radius 2 is 2.44 bits per heavy atom. The van der Waals surface area contributed by atoms with Crippen molar-refractivity contribution in [2.75, 3.05) is 0 Å². The number of hydrogen-bond acceptors (Lipinski definition) is 4. The summed E-state index contributed by atoms with van der Waals surface area (Å²) < 4.78 is 2.56. The maximum absolute atomic E-state index is 9.13. The van der Waals surface area contributed by atoms with Gasteiger partial charge in [0.05, 0.1) is 23.0 Å². The Balaban J connectivity index is 2.09. The van der Waals surface area contributed by atoms with E-state index in [-0.39, 0.29) is 6.61 Å². The maximum Gasteiger partial charge on any atom is 0.177 e. The van der Waals surface area contributed by atoms with E-state index >= 15 is 0 Å². The molecule has 2 N–H and O–H groups in total. The molecular weight excluding hydrogens is 242 g/mol. The van der Waals surface area contributed by atoms with Crippen molar-refractivity contribution in [2.45, 2.75) is 26.5 Å². The van der Waals surface area contributed by atoms with Crippen LogP contribution in [-0.4, -0.2) is 19.6 Å². The zero-order valence-electron chi connectivity index (χ0n) is 8.93. The fourth-order valence-corrected chi connectivity index (χ4v) is 2.47. The molecule has 16 heavy (non-hydrogen) atoms. The minimum Gasteiger partial charge on any atom is -0.390 e. The third-order valence-corrected chi connectivity index (χ3v) is 3.53. The lowest BCUT2D eigenvalue weighted by Gasteiger charge is -2.04. The lowest BCUT2D eigenvalue weighted by Crippen LogP contribution is -2.05. The number of aliphatic hydroxyl groups excluding tert-OH is 1. The molecule has 0 saturated heterocycles. The first-order chi connectivity index (χ1) is 7.70. The van der Waals surface area contributed by atoms with Crippen LogP contribution in [0.1, 0.15) is 16.4 Å². The molecule has 0 fully saturated rings. The number of imidazole rings is 1. The van der Waals surface area contributed by atoms with E-state index in [1.165, 1.54) is 0 Å². The molecule has 0 spiro atoms. The van der Waals surface area contributed by atoms with E-state index in [9.17, 15) is 0 Å². The minimum atomic E-state index is 0.00321. The van der Waals surface area contributed by atoms with Crippen LogP contribution in [0.15, 0.2) is 11.6 Å². The number of aryl methyl sites for hydroxylation is 2. The Labute approximate surface area is 103 Å². The van der Waals surface area contributed by atoms with Crippen LogP contribution in [0.5, 0.6) is 0 Å². The van der Waals surface area contributed by atoms with E-state index in [0.29, 0.717) is 4.77 Å². The summed E-state index contributed by atoms with van der Waals surface area (Å²) in [5.74, 6) is 0. The van der Waals surface area contributed by atoms with Crippen LogP contribution < -0.4 is 0 Å². The Hall–Kier alpha value is -0.980. The largest absolute Gasteiger partial charge is 0.390 e. The molecule has 2 aromatic rings. The van der Waals surface area contributed by atoms with Crippen molar-refractivity contribution >= 4 is 23.6 Å². The Kier molecular flexibility index (Phi) is 3.52. The van der Waals surface area contributed by atoms with E-state index in [4.69, 9.17) is 17.3 Å². The van der Waals surface area contributed by atoms with E-state index in [1.807, 2.05) is 11.5 Å². The Morgan fingerprint density at radius 3 is 3.06 bits per heavy atom. The maximum atomic E-state index is 9.13. The highest BCUT2D eigenvalue weighted by molar-refractivity contribution is 7.71. The molecule has 0 unspecified atom stereocenters. The number of nitrogens with one attached hydrogen (secondary N) is 1. The molecule has 0 aliphatic carbocycles. The van der Waals surface area contributed by atoms with Gasteiger partial charge in [0, 0.05) is 24.5 Å². The summed E-state index contributed by atoms with van der Waals surface area (Å²) in [5.41, 5.74) is 1.89. The second-order valence-electron chi connectivity index (χ2n) is 3.50. The summed E-state index contributed by atoms with van der Waals surface area (Å²) in [4.78, 5) is 7.32. The zero-order valence-corrected chi connectivity index (χ0v) is 10.6. The highest BCUT2D eigenvalue weighted by atomic mass is 32.1. The van der Waals surface area contributed by atoms with Crippen molar-refractivity contribution in [3.63, 3.8) is 0 Å². The number of hydrogen-bond donors (Lipinski definition) is 2. The number of H-pyrrole nitrogens is 1. The van der Waals surface area contributed by atoms with Gasteiger partial charge in [-0.25, -0.2) is 4.98 Å². The van der Waals surface area contributed by atoms with Gasteiger partial charge in [0.25, 0.3) is 0 Å². The number of aromatic amines is 1.